The normalized spacial score (nSPS) is 18.5. The lowest BCUT2D eigenvalue weighted by molar-refractivity contribution is 0.652. The smallest absolute Gasteiger partial charge is 0.156 e. The first kappa shape index (κ1) is 11.2. The highest BCUT2D eigenvalue weighted by molar-refractivity contribution is 8.14. The monoisotopic (exact) mass is 218 g/mol. The minimum atomic E-state index is 0.573. The van der Waals surface area contributed by atoms with E-state index >= 15 is 0 Å². The maximum absolute atomic E-state index is 4.37. The first-order valence-corrected chi connectivity index (χ1v) is 6.98. The minimum absolute atomic E-state index is 0.573. The lowest BCUT2D eigenvalue weighted by atomic mass is 10.3. The highest BCUT2D eigenvalue weighted by Crippen LogP contribution is 2.11. The van der Waals surface area contributed by atoms with E-state index in [1.165, 1.54) is 17.9 Å². The molecule has 1 N–H and O–H groups in total. The van der Waals surface area contributed by atoms with Gasteiger partial charge in [0.15, 0.2) is 5.17 Å². The second-order valence-electron chi connectivity index (χ2n) is 3.07. The second kappa shape index (κ2) is 6.60. The number of thioether (sulfide) groups is 2. The van der Waals surface area contributed by atoms with E-state index in [4.69, 9.17) is 0 Å². The second-order valence-corrected chi connectivity index (χ2v) is 5.54. The molecule has 0 saturated carbocycles. The Kier molecular flexibility index (Phi) is 5.71. The van der Waals surface area contributed by atoms with Gasteiger partial charge in [-0.2, -0.15) is 11.8 Å². The van der Waals surface area contributed by atoms with Crippen molar-refractivity contribution in [3.05, 3.63) is 0 Å². The van der Waals surface area contributed by atoms with Crippen LogP contribution in [0.25, 0.3) is 0 Å². The molecule has 0 aliphatic carbocycles. The Hall–Kier alpha value is 0.170. The Morgan fingerprint density at radius 3 is 3.15 bits per heavy atom. The summed E-state index contributed by atoms with van der Waals surface area (Å²) in [5.74, 6) is 3.63. The number of hydrogen-bond donors (Lipinski definition) is 1. The van der Waals surface area contributed by atoms with Gasteiger partial charge in [-0.3, -0.25) is 4.99 Å². The van der Waals surface area contributed by atoms with Crippen LogP contribution in [-0.2, 0) is 0 Å². The summed E-state index contributed by atoms with van der Waals surface area (Å²) in [6, 6.07) is 0.573. The third kappa shape index (κ3) is 4.81. The fraction of sp³-hybridized carbons (Fsp3) is 0.889. The molecule has 76 valence electrons. The summed E-state index contributed by atoms with van der Waals surface area (Å²) < 4.78 is 0. The quantitative estimate of drug-likeness (QED) is 0.716. The standard InChI is InChI=1S/C9H18N2S2/c1-3-12-6-4-8(2)11-9-10-5-7-13-9/h8H,3-7H2,1-2H3,(H,10,11). The molecule has 1 aliphatic heterocycles. The summed E-state index contributed by atoms with van der Waals surface area (Å²) in [6.45, 7) is 5.43. The number of aliphatic imine (C=N–C) groups is 1. The van der Waals surface area contributed by atoms with Crippen LogP contribution in [0.1, 0.15) is 20.3 Å². The van der Waals surface area contributed by atoms with Gasteiger partial charge in [0.25, 0.3) is 0 Å². The summed E-state index contributed by atoms with van der Waals surface area (Å²) in [5.41, 5.74) is 0. The van der Waals surface area contributed by atoms with Gasteiger partial charge in [-0.1, -0.05) is 18.7 Å². The predicted octanol–water partition coefficient (Wildman–Crippen LogP) is 2.21. The third-order valence-corrected chi connectivity index (χ3v) is 3.69. The fourth-order valence-electron chi connectivity index (χ4n) is 1.11. The lowest BCUT2D eigenvalue weighted by Crippen LogP contribution is -2.30. The molecular formula is C9H18N2S2. The van der Waals surface area contributed by atoms with Crippen LogP contribution in [0.5, 0.6) is 0 Å². The van der Waals surface area contributed by atoms with Crippen molar-refractivity contribution in [3.63, 3.8) is 0 Å². The SMILES string of the molecule is CCSCCC(C)NC1=NCCS1. The van der Waals surface area contributed by atoms with Crippen molar-refractivity contribution in [2.45, 2.75) is 26.3 Å². The first-order valence-electron chi connectivity index (χ1n) is 4.84. The zero-order valence-electron chi connectivity index (χ0n) is 8.38. The van der Waals surface area contributed by atoms with E-state index in [0.29, 0.717) is 6.04 Å². The minimum Gasteiger partial charge on any atom is -0.362 e. The lowest BCUT2D eigenvalue weighted by Gasteiger charge is -2.13. The van der Waals surface area contributed by atoms with Crippen LogP contribution < -0.4 is 5.32 Å². The number of hydrogen-bond acceptors (Lipinski definition) is 4. The Bertz CT molecular complexity index is 171. The molecule has 0 radical (unpaired) electrons. The van der Waals surface area contributed by atoms with Crippen molar-refractivity contribution < 1.29 is 0 Å². The van der Waals surface area contributed by atoms with E-state index < -0.39 is 0 Å². The maximum Gasteiger partial charge on any atom is 0.156 e. The highest BCUT2D eigenvalue weighted by Gasteiger charge is 2.09. The number of amidine groups is 1. The van der Waals surface area contributed by atoms with Crippen LogP contribution in [0.15, 0.2) is 4.99 Å². The van der Waals surface area contributed by atoms with Gasteiger partial charge in [0.1, 0.15) is 0 Å². The van der Waals surface area contributed by atoms with Gasteiger partial charge in [-0.05, 0) is 24.9 Å². The maximum atomic E-state index is 4.37. The summed E-state index contributed by atoms with van der Waals surface area (Å²) >= 11 is 3.85. The average Bonchev–Trinajstić information content (AvgIpc) is 2.57. The molecule has 1 atom stereocenters. The van der Waals surface area contributed by atoms with Crippen LogP contribution in [0.2, 0.25) is 0 Å². The Morgan fingerprint density at radius 1 is 1.69 bits per heavy atom. The van der Waals surface area contributed by atoms with Gasteiger partial charge in [0.05, 0.1) is 6.54 Å². The zero-order valence-corrected chi connectivity index (χ0v) is 10.0. The van der Waals surface area contributed by atoms with Crippen LogP contribution in [0.4, 0.5) is 0 Å². The molecule has 0 saturated heterocycles. The molecule has 1 aliphatic rings. The zero-order chi connectivity index (χ0) is 9.52. The number of nitrogens with zero attached hydrogens (tertiary/aromatic N) is 1. The molecule has 13 heavy (non-hydrogen) atoms. The molecule has 4 heteroatoms. The third-order valence-electron chi connectivity index (χ3n) is 1.85. The topological polar surface area (TPSA) is 24.4 Å². The molecule has 1 unspecified atom stereocenters. The van der Waals surface area contributed by atoms with Gasteiger partial charge >= 0.3 is 0 Å². The van der Waals surface area contributed by atoms with Crippen molar-refractivity contribution >= 4 is 28.7 Å². The predicted molar refractivity (Wildman–Crippen MR) is 65.0 cm³/mol. The van der Waals surface area contributed by atoms with Gasteiger partial charge in [-0.25, -0.2) is 0 Å². The van der Waals surface area contributed by atoms with Crippen LogP contribution in [0.3, 0.4) is 0 Å². The van der Waals surface area contributed by atoms with Crippen LogP contribution in [0, 0.1) is 0 Å². The van der Waals surface area contributed by atoms with Crippen molar-refractivity contribution in [3.8, 4) is 0 Å². The van der Waals surface area contributed by atoms with E-state index in [1.807, 2.05) is 23.5 Å². The molecule has 1 heterocycles. The Labute approximate surface area is 89.3 Å². The van der Waals surface area contributed by atoms with Gasteiger partial charge in [-0.15, -0.1) is 0 Å². The molecule has 1 rings (SSSR count). The van der Waals surface area contributed by atoms with Crippen LogP contribution >= 0.6 is 23.5 Å². The molecule has 0 fully saturated rings. The molecule has 2 nitrogen and oxygen atoms in total. The molecule has 0 aromatic rings. The Morgan fingerprint density at radius 2 is 2.54 bits per heavy atom. The van der Waals surface area contributed by atoms with Gasteiger partial charge < -0.3 is 5.32 Å². The summed E-state index contributed by atoms with van der Waals surface area (Å²) in [6.07, 6.45) is 1.23. The summed E-state index contributed by atoms with van der Waals surface area (Å²) in [7, 11) is 0. The van der Waals surface area contributed by atoms with E-state index in [-0.39, 0.29) is 0 Å². The highest BCUT2D eigenvalue weighted by atomic mass is 32.2. The average molecular weight is 218 g/mol. The summed E-state index contributed by atoms with van der Waals surface area (Å²) in [5, 5.41) is 4.58. The fourth-order valence-corrected chi connectivity index (χ4v) is 2.76. The van der Waals surface area contributed by atoms with Crippen LogP contribution in [-0.4, -0.2) is 35.0 Å². The van der Waals surface area contributed by atoms with E-state index in [2.05, 4.69) is 24.2 Å². The molecule has 0 amide bonds. The number of rotatable bonds is 5. The van der Waals surface area contributed by atoms with Crippen molar-refractivity contribution in [2.75, 3.05) is 23.8 Å². The van der Waals surface area contributed by atoms with Gasteiger partial charge in [0, 0.05) is 11.8 Å². The van der Waals surface area contributed by atoms with Gasteiger partial charge in [0.2, 0.25) is 0 Å². The van der Waals surface area contributed by atoms with E-state index in [1.54, 1.807) is 0 Å². The Balaban J connectivity index is 2.06. The number of nitrogens with one attached hydrogen (secondary N) is 1. The first-order chi connectivity index (χ1) is 6.33. The summed E-state index contributed by atoms with van der Waals surface area (Å²) in [4.78, 5) is 4.37. The van der Waals surface area contributed by atoms with Crippen molar-refractivity contribution in [2.24, 2.45) is 4.99 Å². The van der Waals surface area contributed by atoms with Crippen molar-refractivity contribution in [1.29, 1.82) is 0 Å². The largest absolute Gasteiger partial charge is 0.362 e. The molecule has 0 aromatic heterocycles. The molecule has 0 spiro atoms. The molecule has 0 bridgehead atoms. The molecule has 0 aromatic carbocycles. The van der Waals surface area contributed by atoms with Crippen molar-refractivity contribution in [1.82, 2.24) is 5.32 Å². The van der Waals surface area contributed by atoms with E-state index in [9.17, 15) is 0 Å². The molecular weight excluding hydrogens is 200 g/mol. The van der Waals surface area contributed by atoms with E-state index in [0.717, 1.165) is 17.5 Å².